The zero-order valence-electron chi connectivity index (χ0n) is 9.62. The fourth-order valence-electron chi connectivity index (χ4n) is 2.02. The normalized spacial score (nSPS) is 11.4. The van der Waals surface area contributed by atoms with Gasteiger partial charge < -0.3 is 4.42 Å². The molecule has 3 heterocycles. The van der Waals surface area contributed by atoms with E-state index in [1.165, 1.54) is 0 Å². The summed E-state index contributed by atoms with van der Waals surface area (Å²) >= 11 is 3.27. The first kappa shape index (κ1) is 10.7. The van der Waals surface area contributed by atoms with Gasteiger partial charge in [0.15, 0.2) is 16.1 Å². The molecule has 0 fully saturated rings. The molecule has 3 aromatic heterocycles. The van der Waals surface area contributed by atoms with Gasteiger partial charge in [0.25, 0.3) is 0 Å². The highest BCUT2D eigenvalue weighted by Gasteiger charge is 2.12. The molecule has 0 amide bonds. The van der Waals surface area contributed by atoms with Gasteiger partial charge in [0, 0.05) is 5.39 Å². The number of rotatable bonds is 1. The molecule has 0 aliphatic carbocycles. The van der Waals surface area contributed by atoms with Gasteiger partial charge in [0.05, 0.1) is 5.52 Å². The van der Waals surface area contributed by atoms with Gasteiger partial charge in [-0.05, 0) is 40.2 Å². The SMILES string of the molecule is Brc1ccc(-c2nc3c4ccccc4ncn3n2)o1. The van der Waals surface area contributed by atoms with Crippen molar-refractivity contribution in [1.29, 1.82) is 0 Å². The third-order valence-electron chi connectivity index (χ3n) is 2.88. The number of fused-ring (bicyclic) bond motifs is 3. The molecule has 92 valence electrons. The van der Waals surface area contributed by atoms with E-state index < -0.39 is 0 Å². The van der Waals surface area contributed by atoms with Crippen LogP contribution in [0, 0.1) is 0 Å². The predicted molar refractivity (Wildman–Crippen MR) is 73.7 cm³/mol. The molecule has 0 aliphatic heterocycles. The summed E-state index contributed by atoms with van der Waals surface area (Å²) in [5.41, 5.74) is 1.67. The second kappa shape index (κ2) is 3.89. The largest absolute Gasteiger partial charge is 0.446 e. The molecule has 0 spiro atoms. The zero-order valence-corrected chi connectivity index (χ0v) is 11.2. The fraction of sp³-hybridized carbons (Fsp3) is 0. The lowest BCUT2D eigenvalue weighted by Crippen LogP contribution is -1.90. The lowest BCUT2D eigenvalue weighted by Gasteiger charge is -1.96. The number of halogens is 1. The third-order valence-corrected chi connectivity index (χ3v) is 3.30. The number of para-hydroxylation sites is 1. The second-order valence-electron chi connectivity index (χ2n) is 4.07. The molecule has 0 saturated heterocycles. The van der Waals surface area contributed by atoms with Crippen molar-refractivity contribution in [2.24, 2.45) is 0 Å². The first-order chi connectivity index (χ1) is 9.31. The van der Waals surface area contributed by atoms with Crippen LogP contribution in [0.25, 0.3) is 28.1 Å². The smallest absolute Gasteiger partial charge is 0.218 e. The van der Waals surface area contributed by atoms with E-state index in [1.807, 2.05) is 36.4 Å². The highest BCUT2D eigenvalue weighted by molar-refractivity contribution is 9.10. The number of nitrogens with zero attached hydrogens (tertiary/aromatic N) is 4. The number of hydrogen-bond acceptors (Lipinski definition) is 4. The topological polar surface area (TPSA) is 56.2 Å². The van der Waals surface area contributed by atoms with Crippen LogP contribution in [0.15, 0.2) is 51.8 Å². The Balaban J connectivity index is 2.03. The minimum atomic E-state index is 0.545. The monoisotopic (exact) mass is 314 g/mol. The number of furan rings is 1. The van der Waals surface area contributed by atoms with Crippen molar-refractivity contribution in [3.63, 3.8) is 0 Å². The van der Waals surface area contributed by atoms with Gasteiger partial charge in [-0.25, -0.2) is 14.5 Å². The van der Waals surface area contributed by atoms with E-state index >= 15 is 0 Å². The van der Waals surface area contributed by atoms with Crippen LogP contribution in [0.4, 0.5) is 0 Å². The summed E-state index contributed by atoms with van der Waals surface area (Å²) in [6, 6.07) is 11.5. The molecule has 0 atom stereocenters. The molecule has 19 heavy (non-hydrogen) atoms. The maximum atomic E-state index is 5.47. The Labute approximate surface area is 116 Å². The first-order valence-corrected chi connectivity index (χ1v) is 6.46. The lowest BCUT2D eigenvalue weighted by atomic mass is 10.2. The van der Waals surface area contributed by atoms with Gasteiger partial charge in [-0.1, -0.05) is 12.1 Å². The second-order valence-corrected chi connectivity index (χ2v) is 4.85. The summed E-state index contributed by atoms with van der Waals surface area (Å²) in [6.07, 6.45) is 1.66. The summed E-state index contributed by atoms with van der Waals surface area (Å²) in [4.78, 5) is 8.86. The van der Waals surface area contributed by atoms with Crippen LogP contribution in [-0.4, -0.2) is 19.6 Å². The van der Waals surface area contributed by atoms with Crippen LogP contribution in [0.1, 0.15) is 0 Å². The van der Waals surface area contributed by atoms with E-state index in [4.69, 9.17) is 4.42 Å². The molecular weight excluding hydrogens is 308 g/mol. The molecule has 0 N–H and O–H groups in total. The van der Waals surface area contributed by atoms with Crippen LogP contribution < -0.4 is 0 Å². The first-order valence-electron chi connectivity index (χ1n) is 5.67. The number of hydrogen-bond donors (Lipinski definition) is 0. The van der Waals surface area contributed by atoms with E-state index in [0.29, 0.717) is 16.3 Å². The average molecular weight is 315 g/mol. The van der Waals surface area contributed by atoms with E-state index in [-0.39, 0.29) is 0 Å². The molecule has 5 nitrogen and oxygen atoms in total. The van der Waals surface area contributed by atoms with Gasteiger partial charge in [-0.3, -0.25) is 0 Å². The Morgan fingerprint density at radius 2 is 2.00 bits per heavy atom. The van der Waals surface area contributed by atoms with Gasteiger partial charge in [-0.2, -0.15) is 0 Å². The van der Waals surface area contributed by atoms with Crippen molar-refractivity contribution in [1.82, 2.24) is 19.6 Å². The molecule has 0 aliphatic rings. The Morgan fingerprint density at radius 3 is 2.84 bits per heavy atom. The van der Waals surface area contributed by atoms with Crippen LogP contribution in [0.3, 0.4) is 0 Å². The molecule has 0 unspecified atom stereocenters. The summed E-state index contributed by atoms with van der Waals surface area (Å²) in [7, 11) is 0. The lowest BCUT2D eigenvalue weighted by molar-refractivity contribution is 0.551. The van der Waals surface area contributed by atoms with Crippen molar-refractivity contribution in [3.8, 4) is 11.6 Å². The van der Waals surface area contributed by atoms with Crippen molar-refractivity contribution < 1.29 is 4.42 Å². The van der Waals surface area contributed by atoms with Gasteiger partial charge in [0.2, 0.25) is 5.82 Å². The number of aromatic nitrogens is 4. The minimum Gasteiger partial charge on any atom is -0.446 e. The number of benzene rings is 1. The Hall–Kier alpha value is -2.21. The predicted octanol–water partition coefficient (Wildman–Crippen LogP) is 3.30. The van der Waals surface area contributed by atoms with Gasteiger partial charge >= 0.3 is 0 Å². The maximum Gasteiger partial charge on any atom is 0.218 e. The highest BCUT2D eigenvalue weighted by Crippen LogP contribution is 2.24. The van der Waals surface area contributed by atoms with Crippen molar-refractivity contribution >= 4 is 32.5 Å². The quantitative estimate of drug-likeness (QED) is 0.541. The Morgan fingerprint density at radius 1 is 1.11 bits per heavy atom. The summed E-state index contributed by atoms with van der Waals surface area (Å²) in [5.74, 6) is 1.17. The maximum absolute atomic E-state index is 5.47. The molecular formula is C13H7BrN4O. The Bertz CT molecular complexity index is 896. The molecule has 6 heteroatoms. The molecule has 0 radical (unpaired) electrons. The van der Waals surface area contributed by atoms with E-state index in [0.717, 1.165) is 16.6 Å². The zero-order chi connectivity index (χ0) is 12.8. The fourth-order valence-corrected chi connectivity index (χ4v) is 2.33. The van der Waals surface area contributed by atoms with E-state index in [9.17, 15) is 0 Å². The standard InChI is InChI=1S/C13H7BrN4O/c14-11-6-5-10(19-11)12-16-13-8-3-1-2-4-9(8)15-7-18(13)17-12/h1-7H. The van der Waals surface area contributed by atoms with Gasteiger partial charge in [0.1, 0.15) is 6.33 Å². The molecule has 0 saturated carbocycles. The molecule has 0 bridgehead atoms. The molecule has 1 aromatic carbocycles. The van der Waals surface area contributed by atoms with Gasteiger partial charge in [-0.15, -0.1) is 5.10 Å². The van der Waals surface area contributed by atoms with E-state index in [2.05, 4.69) is 31.0 Å². The Kier molecular flexibility index (Phi) is 2.19. The minimum absolute atomic E-state index is 0.545. The highest BCUT2D eigenvalue weighted by atomic mass is 79.9. The summed E-state index contributed by atoms with van der Waals surface area (Å²) in [6.45, 7) is 0. The molecule has 4 rings (SSSR count). The average Bonchev–Trinajstić information content (AvgIpc) is 3.04. The third kappa shape index (κ3) is 1.64. The van der Waals surface area contributed by atoms with E-state index in [1.54, 1.807) is 10.8 Å². The van der Waals surface area contributed by atoms with Crippen molar-refractivity contribution in [2.75, 3.05) is 0 Å². The summed E-state index contributed by atoms with van der Waals surface area (Å²) in [5, 5.41) is 5.34. The van der Waals surface area contributed by atoms with Crippen molar-refractivity contribution in [2.45, 2.75) is 0 Å². The van der Waals surface area contributed by atoms with Crippen LogP contribution in [0.2, 0.25) is 0 Å². The summed E-state index contributed by atoms with van der Waals surface area (Å²) < 4.78 is 7.79. The molecule has 4 aromatic rings. The van der Waals surface area contributed by atoms with Crippen LogP contribution >= 0.6 is 15.9 Å². The van der Waals surface area contributed by atoms with Crippen LogP contribution in [0.5, 0.6) is 0 Å². The van der Waals surface area contributed by atoms with Crippen molar-refractivity contribution in [3.05, 3.63) is 47.4 Å². The van der Waals surface area contributed by atoms with Crippen LogP contribution in [-0.2, 0) is 0 Å².